The molecule has 4 unspecified atom stereocenters. The summed E-state index contributed by atoms with van der Waals surface area (Å²) in [6, 6.07) is 0.679. The predicted octanol–water partition coefficient (Wildman–Crippen LogP) is 1.87. The van der Waals surface area contributed by atoms with Crippen LogP contribution in [0.2, 0.25) is 0 Å². The van der Waals surface area contributed by atoms with Gasteiger partial charge in [-0.2, -0.15) is 0 Å². The molecule has 0 aromatic rings. The first kappa shape index (κ1) is 14.0. The zero-order valence-corrected chi connectivity index (χ0v) is 12.4. The van der Waals surface area contributed by atoms with Crippen molar-refractivity contribution in [3.63, 3.8) is 0 Å². The molecule has 1 saturated heterocycles. The van der Waals surface area contributed by atoms with E-state index in [9.17, 15) is 4.79 Å². The van der Waals surface area contributed by atoms with Gasteiger partial charge in [-0.05, 0) is 45.3 Å². The van der Waals surface area contributed by atoms with E-state index in [1.807, 2.05) is 0 Å². The van der Waals surface area contributed by atoms with Crippen molar-refractivity contribution < 1.29 is 4.79 Å². The molecule has 1 heterocycles. The van der Waals surface area contributed by atoms with Gasteiger partial charge in [-0.3, -0.25) is 4.79 Å². The quantitative estimate of drug-likeness (QED) is 0.766. The number of carbonyl (C=O) groups is 1. The van der Waals surface area contributed by atoms with Gasteiger partial charge in [0.2, 0.25) is 0 Å². The minimum absolute atomic E-state index is 0.294. The fourth-order valence-electron chi connectivity index (χ4n) is 3.65. The largest absolute Gasteiger partial charge is 0.305 e. The maximum atomic E-state index is 12.2. The second-order valence-electron chi connectivity index (χ2n) is 6.76. The first-order valence-corrected chi connectivity index (χ1v) is 7.39. The van der Waals surface area contributed by atoms with Gasteiger partial charge < -0.3 is 9.80 Å². The highest BCUT2D eigenvalue weighted by Gasteiger charge is 2.35. The third-order valence-corrected chi connectivity index (χ3v) is 4.86. The van der Waals surface area contributed by atoms with E-state index in [1.165, 1.54) is 12.8 Å². The van der Waals surface area contributed by atoms with Gasteiger partial charge in [0.25, 0.3) is 0 Å². The first-order valence-electron chi connectivity index (χ1n) is 7.39. The highest BCUT2D eigenvalue weighted by molar-refractivity contribution is 5.82. The van der Waals surface area contributed by atoms with Crippen molar-refractivity contribution in [1.29, 1.82) is 0 Å². The Bertz CT molecular complexity index is 303. The van der Waals surface area contributed by atoms with Gasteiger partial charge in [0.1, 0.15) is 5.78 Å². The summed E-state index contributed by atoms with van der Waals surface area (Å²) in [6.07, 6.45) is 3.28. The van der Waals surface area contributed by atoms with Crippen LogP contribution >= 0.6 is 0 Å². The molecule has 104 valence electrons. The SMILES string of the molecule is CC1CC(=O)C(CN2CCC(N(C)C)C2)C(C)C1. The third kappa shape index (κ3) is 3.12. The Kier molecular flexibility index (Phi) is 4.44. The minimum atomic E-state index is 0.294. The van der Waals surface area contributed by atoms with Gasteiger partial charge >= 0.3 is 0 Å². The van der Waals surface area contributed by atoms with Gasteiger partial charge in [0.05, 0.1) is 0 Å². The summed E-state index contributed by atoms with van der Waals surface area (Å²) in [5.74, 6) is 1.97. The van der Waals surface area contributed by atoms with Crippen LogP contribution in [0.15, 0.2) is 0 Å². The molecule has 2 rings (SSSR count). The number of hydrogen-bond donors (Lipinski definition) is 0. The molecule has 2 aliphatic rings. The van der Waals surface area contributed by atoms with Crippen LogP contribution in [0.4, 0.5) is 0 Å². The van der Waals surface area contributed by atoms with Gasteiger partial charge in [0.15, 0.2) is 0 Å². The molecular formula is C15H28N2O. The number of nitrogens with zero attached hydrogens (tertiary/aromatic N) is 2. The highest BCUT2D eigenvalue weighted by atomic mass is 16.1. The second kappa shape index (κ2) is 5.70. The summed E-state index contributed by atoms with van der Waals surface area (Å²) in [4.78, 5) is 17.0. The Hall–Kier alpha value is -0.410. The van der Waals surface area contributed by atoms with Crippen LogP contribution in [0.1, 0.15) is 33.1 Å². The van der Waals surface area contributed by atoms with Crippen LogP contribution in [0.25, 0.3) is 0 Å². The summed E-state index contributed by atoms with van der Waals surface area (Å²) in [5, 5.41) is 0. The maximum Gasteiger partial charge on any atom is 0.137 e. The lowest BCUT2D eigenvalue weighted by atomic mass is 9.74. The standard InChI is InChI=1S/C15H28N2O/c1-11-7-12(2)14(15(18)8-11)10-17-6-5-13(9-17)16(3)4/h11-14H,5-10H2,1-4H3. The number of likely N-dealkylation sites (tertiary alicyclic amines) is 1. The monoisotopic (exact) mass is 252 g/mol. The maximum absolute atomic E-state index is 12.2. The molecule has 0 amide bonds. The zero-order valence-electron chi connectivity index (χ0n) is 12.4. The number of ketones is 1. The Morgan fingerprint density at radius 3 is 2.61 bits per heavy atom. The molecule has 1 saturated carbocycles. The van der Waals surface area contributed by atoms with Gasteiger partial charge in [-0.1, -0.05) is 13.8 Å². The molecule has 2 fully saturated rings. The van der Waals surface area contributed by atoms with E-state index in [4.69, 9.17) is 0 Å². The summed E-state index contributed by atoms with van der Waals surface area (Å²) >= 11 is 0. The van der Waals surface area contributed by atoms with E-state index < -0.39 is 0 Å². The van der Waals surface area contributed by atoms with Crippen LogP contribution in [0.5, 0.6) is 0 Å². The van der Waals surface area contributed by atoms with Crippen molar-refractivity contribution in [3.05, 3.63) is 0 Å². The van der Waals surface area contributed by atoms with E-state index >= 15 is 0 Å². The average molecular weight is 252 g/mol. The fourth-order valence-corrected chi connectivity index (χ4v) is 3.65. The molecule has 18 heavy (non-hydrogen) atoms. The zero-order chi connectivity index (χ0) is 13.3. The van der Waals surface area contributed by atoms with Crippen LogP contribution in [0.3, 0.4) is 0 Å². The number of rotatable bonds is 3. The van der Waals surface area contributed by atoms with Gasteiger partial charge in [0, 0.05) is 31.5 Å². The summed E-state index contributed by atoms with van der Waals surface area (Å²) in [7, 11) is 4.31. The Balaban J connectivity index is 1.88. The Morgan fingerprint density at radius 1 is 1.33 bits per heavy atom. The molecule has 1 aliphatic heterocycles. The summed E-state index contributed by atoms with van der Waals surface area (Å²) in [5.41, 5.74) is 0. The normalized spacial score (nSPS) is 38.6. The lowest BCUT2D eigenvalue weighted by Crippen LogP contribution is -2.40. The van der Waals surface area contributed by atoms with Crippen molar-refractivity contribution >= 4 is 5.78 Å². The third-order valence-electron chi connectivity index (χ3n) is 4.86. The minimum Gasteiger partial charge on any atom is -0.305 e. The van der Waals surface area contributed by atoms with Crippen molar-refractivity contribution in [1.82, 2.24) is 9.80 Å². The molecule has 0 spiro atoms. The number of hydrogen-bond acceptors (Lipinski definition) is 3. The average Bonchev–Trinajstić information content (AvgIpc) is 2.71. The van der Waals surface area contributed by atoms with Gasteiger partial charge in [-0.15, -0.1) is 0 Å². The molecule has 4 atom stereocenters. The first-order chi connectivity index (χ1) is 8.47. The molecule has 3 nitrogen and oxygen atoms in total. The van der Waals surface area contributed by atoms with Crippen molar-refractivity contribution in [2.45, 2.75) is 39.2 Å². The van der Waals surface area contributed by atoms with Crippen molar-refractivity contribution in [3.8, 4) is 0 Å². The van der Waals surface area contributed by atoms with E-state index in [0.717, 1.165) is 26.1 Å². The lowest BCUT2D eigenvalue weighted by Gasteiger charge is -2.34. The smallest absolute Gasteiger partial charge is 0.137 e. The number of carbonyl (C=O) groups excluding carboxylic acids is 1. The van der Waals surface area contributed by atoms with Crippen LogP contribution in [-0.2, 0) is 4.79 Å². The molecule has 0 N–H and O–H groups in total. The summed E-state index contributed by atoms with van der Waals surface area (Å²) < 4.78 is 0. The molecule has 1 aliphatic carbocycles. The van der Waals surface area contributed by atoms with E-state index in [0.29, 0.717) is 29.6 Å². The highest BCUT2D eigenvalue weighted by Crippen LogP contribution is 2.32. The van der Waals surface area contributed by atoms with E-state index in [2.05, 4.69) is 37.7 Å². The molecule has 0 bridgehead atoms. The Morgan fingerprint density at radius 2 is 2.06 bits per heavy atom. The molecular weight excluding hydrogens is 224 g/mol. The Labute approximate surface area is 112 Å². The van der Waals surface area contributed by atoms with Gasteiger partial charge in [-0.25, -0.2) is 0 Å². The predicted molar refractivity (Wildman–Crippen MR) is 74.6 cm³/mol. The van der Waals surface area contributed by atoms with Crippen LogP contribution in [0, 0.1) is 17.8 Å². The fraction of sp³-hybridized carbons (Fsp3) is 0.933. The summed E-state index contributed by atoms with van der Waals surface area (Å²) in [6.45, 7) is 7.77. The van der Waals surface area contributed by atoms with Crippen LogP contribution < -0.4 is 0 Å². The van der Waals surface area contributed by atoms with E-state index in [1.54, 1.807) is 0 Å². The molecule has 0 aromatic heterocycles. The topological polar surface area (TPSA) is 23.6 Å². The molecule has 0 aromatic carbocycles. The second-order valence-corrected chi connectivity index (χ2v) is 6.76. The molecule has 0 radical (unpaired) electrons. The number of Topliss-reactive ketones (excluding diaryl/α,β-unsaturated/α-hetero) is 1. The number of likely N-dealkylation sites (N-methyl/N-ethyl adjacent to an activating group) is 1. The van der Waals surface area contributed by atoms with Crippen molar-refractivity contribution in [2.75, 3.05) is 33.7 Å². The van der Waals surface area contributed by atoms with Crippen LogP contribution in [-0.4, -0.2) is 55.4 Å². The van der Waals surface area contributed by atoms with E-state index in [-0.39, 0.29) is 0 Å². The van der Waals surface area contributed by atoms with Crippen molar-refractivity contribution in [2.24, 2.45) is 17.8 Å². The molecule has 3 heteroatoms. The lowest BCUT2D eigenvalue weighted by molar-refractivity contribution is -0.128.